The number of amides is 2. The lowest BCUT2D eigenvalue weighted by molar-refractivity contribution is -0.246. The van der Waals surface area contributed by atoms with Crippen LogP contribution in [0.4, 0.5) is 0 Å². The highest BCUT2D eigenvalue weighted by atomic mass is 16.4. The molecule has 5 aliphatic rings. The summed E-state index contributed by atoms with van der Waals surface area (Å²) in [5.41, 5.74) is 1.60. The second-order valence-corrected chi connectivity index (χ2v) is 19.6. The highest BCUT2D eigenvalue weighted by Crippen LogP contribution is 2.77. The van der Waals surface area contributed by atoms with Crippen LogP contribution in [-0.4, -0.2) is 46.7 Å². The van der Waals surface area contributed by atoms with Crippen LogP contribution in [0.2, 0.25) is 0 Å². The van der Waals surface area contributed by atoms with Crippen LogP contribution in [0.5, 0.6) is 0 Å². The lowest BCUT2D eigenvalue weighted by atomic mass is 9.32. The molecule has 0 aromatic rings. The number of unbranched alkanes of at least 4 members (excludes halogenated alkanes) is 4. The van der Waals surface area contributed by atoms with Gasteiger partial charge in [0.25, 0.3) is 0 Å². The predicted octanol–water partition coefficient (Wildman–Crippen LogP) is 8.69. The first-order valence-electron chi connectivity index (χ1n) is 20.5. The number of carbonyl (C=O) groups is 3. The molecule has 0 saturated heterocycles. The Morgan fingerprint density at radius 3 is 2.14 bits per heavy atom. The Labute approximate surface area is 304 Å². The largest absolute Gasteiger partial charge is 0.480 e. The Kier molecular flexibility index (Phi) is 11.4. The van der Waals surface area contributed by atoms with E-state index in [-0.39, 0.29) is 50.9 Å². The first kappa shape index (κ1) is 39.3. The van der Waals surface area contributed by atoms with Crippen molar-refractivity contribution in [3.8, 4) is 0 Å². The Morgan fingerprint density at radius 2 is 1.48 bits per heavy atom. The van der Waals surface area contributed by atoms with Crippen molar-refractivity contribution < 1.29 is 24.6 Å². The maximum Gasteiger partial charge on any atom is 0.326 e. The Hall–Kier alpha value is -1.89. The number of nitrogens with one attached hydrogen (secondary N) is 2. The maximum absolute atomic E-state index is 14.4. The van der Waals surface area contributed by atoms with Crippen molar-refractivity contribution in [1.82, 2.24) is 10.6 Å². The second-order valence-electron chi connectivity index (χ2n) is 19.6. The third kappa shape index (κ3) is 6.50. The first-order valence-corrected chi connectivity index (χ1v) is 20.5. The molecule has 0 aromatic heterocycles. The smallest absolute Gasteiger partial charge is 0.326 e. The van der Waals surface area contributed by atoms with Gasteiger partial charge in [0.2, 0.25) is 11.8 Å². The molecule has 0 spiro atoms. The maximum atomic E-state index is 14.4. The monoisotopic (exact) mass is 697 g/mol. The van der Waals surface area contributed by atoms with E-state index in [4.69, 9.17) is 0 Å². The average Bonchev–Trinajstić information content (AvgIpc) is 3.44. The highest BCUT2D eigenvalue weighted by Gasteiger charge is 2.71. The number of allylic oxidation sites excluding steroid dienone is 1. The predicted molar refractivity (Wildman–Crippen MR) is 200 cm³/mol. The molecule has 7 heteroatoms. The van der Waals surface area contributed by atoms with E-state index < -0.39 is 12.0 Å². The van der Waals surface area contributed by atoms with Gasteiger partial charge in [-0.05, 0) is 141 Å². The van der Waals surface area contributed by atoms with Crippen LogP contribution >= 0.6 is 0 Å². The van der Waals surface area contributed by atoms with Crippen molar-refractivity contribution in [2.75, 3.05) is 6.54 Å². The number of fused-ring (bicyclic) bond motifs is 7. The van der Waals surface area contributed by atoms with Gasteiger partial charge in [-0.3, -0.25) is 9.59 Å². The fourth-order valence-electron chi connectivity index (χ4n) is 13.6. The number of carbonyl (C=O) groups excluding carboxylic acids is 2. The van der Waals surface area contributed by atoms with Crippen molar-refractivity contribution in [3.05, 3.63) is 12.2 Å². The Morgan fingerprint density at radius 1 is 0.800 bits per heavy atom. The molecule has 11 atom stereocenters. The number of carboxylic acids is 1. The first-order chi connectivity index (χ1) is 23.4. The fourth-order valence-corrected chi connectivity index (χ4v) is 13.6. The number of aliphatic hydroxyl groups is 1. The van der Waals surface area contributed by atoms with Crippen LogP contribution < -0.4 is 10.6 Å². The molecule has 5 fully saturated rings. The van der Waals surface area contributed by atoms with Gasteiger partial charge in [0.1, 0.15) is 6.04 Å². The minimum atomic E-state index is -0.986. The van der Waals surface area contributed by atoms with E-state index in [1.165, 1.54) is 31.3 Å². The minimum Gasteiger partial charge on any atom is -0.480 e. The summed E-state index contributed by atoms with van der Waals surface area (Å²) in [5.74, 6) is 1.46. The number of carboxylic acid groups (broad SMARTS) is 1. The second kappa shape index (κ2) is 14.5. The number of rotatable bonds is 13. The van der Waals surface area contributed by atoms with Gasteiger partial charge in [0, 0.05) is 13.0 Å². The number of aliphatic hydroxyl groups excluding tert-OH is 1. The van der Waals surface area contributed by atoms with Crippen LogP contribution in [0.25, 0.3) is 0 Å². The summed E-state index contributed by atoms with van der Waals surface area (Å²) in [6.07, 6.45) is 15.8. The molecule has 0 heterocycles. The summed E-state index contributed by atoms with van der Waals surface area (Å²) in [7, 11) is 0. The van der Waals surface area contributed by atoms with Gasteiger partial charge in [0.15, 0.2) is 0 Å². The Balaban J connectivity index is 1.19. The van der Waals surface area contributed by atoms with Crippen molar-refractivity contribution >= 4 is 17.8 Å². The number of hydrogen-bond donors (Lipinski definition) is 4. The lowest BCUT2D eigenvalue weighted by Crippen LogP contribution is -2.67. The topological polar surface area (TPSA) is 116 Å². The van der Waals surface area contributed by atoms with Gasteiger partial charge in [0.05, 0.1) is 11.5 Å². The summed E-state index contributed by atoms with van der Waals surface area (Å²) in [6.45, 7) is 23.5. The molecule has 0 aromatic carbocycles. The molecule has 2 amide bonds. The van der Waals surface area contributed by atoms with Crippen LogP contribution in [0, 0.1) is 62.6 Å². The van der Waals surface area contributed by atoms with Gasteiger partial charge < -0.3 is 20.8 Å². The summed E-state index contributed by atoms with van der Waals surface area (Å²) in [4.78, 5) is 38.0. The molecular formula is C43H72N2O5. The van der Waals surface area contributed by atoms with E-state index in [1.807, 2.05) is 0 Å². The van der Waals surface area contributed by atoms with Gasteiger partial charge in [-0.2, -0.15) is 0 Å². The SMILES string of the molecule is C=C(C)[C@@H]1CC[C@]2(C(=O)NCCCCCCCC(=O)N[C@H](C(=O)O)C(C)C)CC[C@]3(C)[C@H](CCC4[C@@]5(C)CC[C@H](O)C(C)(C)[C@@H]5CC[C@]43C)[C@@H]12. The van der Waals surface area contributed by atoms with Crippen LogP contribution in [0.3, 0.4) is 0 Å². The lowest BCUT2D eigenvalue weighted by Gasteiger charge is -2.72. The molecule has 50 heavy (non-hydrogen) atoms. The summed E-state index contributed by atoms with van der Waals surface area (Å²) >= 11 is 0. The molecule has 284 valence electrons. The van der Waals surface area contributed by atoms with E-state index in [1.54, 1.807) is 13.8 Å². The van der Waals surface area contributed by atoms with Crippen LogP contribution in [0.1, 0.15) is 158 Å². The van der Waals surface area contributed by atoms with E-state index >= 15 is 0 Å². The third-order valence-electron chi connectivity index (χ3n) is 16.6. The van der Waals surface area contributed by atoms with Crippen molar-refractivity contribution in [2.45, 2.75) is 170 Å². The van der Waals surface area contributed by atoms with E-state index in [0.717, 1.165) is 70.6 Å². The quantitative estimate of drug-likeness (QED) is 0.114. The van der Waals surface area contributed by atoms with Crippen molar-refractivity contribution in [1.29, 1.82) is 0 Å². The van der Waals surface area contributed by atoms with Crippen molar-refractivity contribution in [2.24, 2.45) is 62.6 Å². The standard InChI is InChI=1S/C43H72N2O5/c1-27(2)29-18-23-43(38(50)44-26-14-12-10-11-13-15-34(47)45-36(28(3)4)37(48)49)25-24-41(8)30(35(29)43)16-17-32-40(7)21-20-33(46)39(5,6)31(40)19-22-42(32,41)9/h28-33,35-36,46H,1,10-26H2,2-9H3,(H,44,50)(H,45,47)(H,48,49)/t29-,30+,31-,32?,33-,35+,36-,40-,41+,42+,43-/m0/s1. The minimum absolute atomic E-state index is 0.0421. The zero-order valence-electron chi connectivity index (χ0n) is 33.0. The van der Waals surface area contributed by atoms with Gasteiger partial charge in [-0.25, -0.2) is 4.79 Å². The third-order valence-corrected chi connectivity index (χ3v) is 16.6. The summed E-state index contributed by atoms with van der Waals surface area (Å²) in [6, 6.07) is -0.838. The molecule has 4 N–H and O–H groups in total. The van der Waals surface area contributed by atoms with E-state index in [0.29, 0.717) is 42.6 Å². The summed E-state index contributed by atoms with van der Waals surface area (Å²) < 4.78 is 0. The zero-order valence-corrected chi connectivity index (χ0v) is 33.0. The van der Waals surface area contributed by atoms with Gasteiger partial charge in [-0.1, -0.05) is 79.9 Å². The number of hydrogen-bond acceptors (Lipinski definition) is 4. The van der Waals surface area contributed by atoms with Crippen LogP contribution in [0.15, 0.2) is 12.2 Å². The van der Waals surface area contributed by atoms with Gasteiger partial charge in [-0.15, -0.1) is 0 Å². The molecular weight excluding hydrogens is 624 g/mol. The normalized spacial score (nSPS) is 40.8. The zero-order chi connectivity index (χ0) is 36.9. The molecule has 0 aliphatic heterocycles. The molecule has 5 rings (SSSR count). The van der Waals surface area contributed by atoms with E-state index in [2.05, 4.69) is 58.8 Å². The molecule has 0 bridgehead atoms. The molecule has 0 radical (unpaired) electrons. The highest BCUT2D eigenvalue weighted by molar-refractivity contribution is 5.84. The Bertz CT molecular complexity index is 1290. The molecule has 1 unspecified atom stereocenters. The summed E-state index contributed by atoms with van der Waals surface area (Å²) in [5, 5.41) is 26.5. The van der Waals surface area contributed by atoms with Crippen LogP contribution in [-0.2, 0) is 14.4 Å². The van der Waals surface area contributed by atoms with Gasteiger partial charge >= 0.3 is 5.97 Å². The average molecular weight is 697 g/mol. The van der Waals surface area contributed by atoms with E-state index in [9.17, 15) is 24.6 Å². The molecule has 5 saturated carbocycles. The molecule has 7 nitrogen and oxygen atoms in total. The number of aliphatic carboxylic acids is 1. The fraction of sp³-hybridized carbons (Fsp3) is 0.884. The van der Waals surface area contributed by atoms with Crippen molar-refractivity contribution in [3.63, 3.8) is 0 Å². The molecule has 5 aliphatic carbocycles.